The smallest absolute Gasteiger partial charge is 0.0910 e. The molecule has 1 aliphatic rings. The number of hydrogen-bond donors (Lipinski definition) is 0. The molecule has 0 radical (unpaired) electrons. The molecule has 0 aromatic carbocycles. The van der Waals surface area contributed by atoms with Gasteiger partial charge in [0.25, 0.3) is 0 Å². The third kappa shape index (κ3) is 1.50. The molecule has 0 atom stereocenters. The predicted molar refractivity (Wildman–Crippen MR) is 40.1 cm³/mol. The van der Waals surface area contributed by atoms with Crippen molar-refractivity contribution < 1.29 is 9.47 Å². The van der Waals surface area contributed by atoms with Crippen LogP contribution in [0.2, 0.25) is 0 Å². The molecule has 0 aromatic heterocycles. The fraction of sp³-hybridized carbons (Fsp3) is 1.00. The molecule has 10 heavy (non-hydrogen) atoms. The van der Waals surface area contributed by atoms with Gasteiger partial charge in [-0.05, 0) is 12.8 Å². The summed E-state index contributed by atoms with van der Waals surface area (Å²) in [6.45, 7) is 6.61. The van der Waals surface area contributed by atoms with E-state index >= 15 is 0 Å². The summed E-state index contributed by atoms with van der Waals surface area (Å²) in [6.07, 6.45) is 2.12. The Morgan fingerprint density at radius 3 is 2.20 bits per heavy atom. The van der Waals surface area contributed by atoms with Crippen molar-refractivity contribution in [1.29, 1.82) is 0 Å². The van der Waals surface area contributed by atoms with Crippen LogP contribution in [0.4, 0.5) is 0 Å². The molecular formula is C8H16O2. The van der Waals surface area contributed by atoms with Gasteiger partial charge in [0.2, 0.25) is 0 Å². The van der Waals surface area contributed by atoms with Gasteiger partial charge in [-0.3, -0.25) is 0 Å². The average molecular weight is 144 g/mol. The van der Waals surface area contributed by atoms with Crippen LogP contribution in [0, 0.1) is 0 Å². The molecule has 1 aliphatic heterocycles. The molecule has 1 rings (SSSR count). The first-order chi connectivity index (χ1) is 4.83. The first-order valence-corrected chi connectivity index (χ1v) is 4.05. The maximum Gasteiger partial charge on any atom is 0.0910 e. The topological polar surface area (TPSA) is 18.5 Å². The van der Waals surface area contributed by atoms with Crippen LogP contribution in [0.5, 0.6) is 0 Å². The lowest BCUT2D eigenvalue weighted by Crippen LogP contribution is -2.41. The lowest BCUT2D eigenvalue weighted by Gasteiger charge is -2.35. The summed E-state index contributed by atoms with van der Waals surface area (Å²) >= 11 is 0. The normalized spacial score (nSPS) is 24.6. The summed E-state index contributed by atoms with van der Waals surface area (Å²) in [5.41, 5.74) is 0.0399. The summed E-state index contributed by atoms with van der Waals surface area (Å²) in [7, 11) is 0. The maximum absolute atomic E-state index is 5.64. The summed E-state index contributed by atoms with van der Waals surface area (Å²) in [5, 5.41) is 0. The monoisotopic (exact) mass is 144 g/mol. The molecule has 0 aliphatic carbocycles. The van der Waals surface area contributed by atoms with E-state index in [4.69, 9.17) is 9.47 Å². The fourth-order valence-electron chi connectivity index (χ4n) is 1.28. The Kier molecular flexibility index (Phi) is 2.69. The Balaban J connectivity index is 2.44. The molecule has 1 heterocycles. The van der Waals surface area contributed by atoms with Gasteiger partial charge >= 0.3 is 0 Å². The van der Waals surface area contributed by atoms with Crippen molar-refractivity contribution in [2.24, 2.45) is 0 Å². The molecule has 0 unspecified atom stereocenters. The van der Waals surface area contributed by atoms with Gasteiger partial charge in [-0.25, -0.2) is 0 Å². The maximum atomic E-state index is 5.64. The first-order valence-electron chi connectivity index (χ1n) is 4.05. The van der Waals surface area contributed by atoms with E-state index in [0.29, 0.717) is 0 Å². The minimum absolute atomic E-state index is 0.0399. The molecule has 0 saturated carbocycles. The SMILES string of the molecule is CCC1(CC)COCCO1. The summed E-state index contributed by atoms with van der Waals surface area (Å²) in [5.74, 6) is 0. The second-order valence-electron chi connectivity index (χ2n) is 2.79. The van der Waals surface area contributed by atoms with Crippen molar-refractivity contribution in [3.63, 3.8) is 0 Å². The lowest BCUT2D eigenvalue weighted by molar-refractivity contribution is -0.159. The van der Waals surface area contributed by atoms with E-state index in [2.05, 4.69) is 13.8 Å². The largest absolute Gasteiger partial charge is 0.376 e. The minimum Gasteiger partial charge on any atom is -0.376 e. The summed E-state index contributed by atoms with van der Waals surface area (Å²) in [4.78, 5) is 0. The second-order valence-corrected chi connectivity index (χ2v) is 2.79. The van der Waals surface area contributed by atoms with Gasteiger partial charge in [0.05, 0.1) is 25.4 Å². The lowest BCUT2D eigenvalue weighted by atomic mass is 9.98. The van der Waals surface area contributed by atoms with Crippen molar-refractivity contribution >= 4 is 0 Å². The van der Waals surface area contributed by atoms with Crippen LogP contribution in [0.25, 0.3) is 0 Å². The van der Waals surface area contributed by atoms with E-state index in [1.54, 1.807) is 0 Å². The van der Waals surface area contributed by atoms with Crippen LogP contribution >= 0.6 is 0 Å². The molecular weight excluding hydrogens is 128 g/mol. The van der Waals surface area contributed by atoms with E-state index in [1.165, 1.54) is 0 Å². The Bertz CT molecular complexity index is 89.4. The van der Waals surface area contributed by atoms with Crippen LogP contribution in [-0.2, 0) is 9.47 Å². The van der Waals surface area contributed by atoms with Gasteiger partial charge in [-0.2, -0.15) is 0 Å². The van der Waals surface area contributed by atoms with Gasteiger partial charge in [-0.15, -0.1) is 0 Å². The average Bonchev–Trinajstić information content (AvgIpc) is 2.06. The molecule has 2 nitrogen and oxygen atoms in total. The molecule has 0 aromatic rings. The van der Waals surface area contributed by atoms with E-state index in [0.717, 1.165) is 32.7 Å². The van der Waals surface area contributed by atoms with E-state index < -0.39 is 0 Å². The standard InChI is InChI=1S/C8H16O2/c1-3-8(4-2)7-9-5-6-10-8/h3-7H2,1-2H3. The molecule has 0 amide bonds. The molecule has 0 N–H and O–H groups in total. The Morgan fingerprint density at radius 1 is 1.20 bits per heavy atom. The van der Waals surface area contributed by atoms with Crippen molar-refractivity contribution in [3.05, 3.63) is 0 Å². The van der Waals surface area contributed by atoms with Crippen LogP contribution in [-0.4, -0.2) is 25.4 Å². The molecule has 0 bridgehead atoms. The molecule has 1 saturated heterocycles. The van der Waals surface area contributed by atoms with E-state index in [1.807, 2.05) is 0 Å². The van der Waals surface area contributed by atoms with Gasteiger partial charge in [0.1, 0.15) is 0 Å². The van der Waals surface area contributed by atoms with Crippen molar-refractivity contribution in [2.75, 3.05) is 19.8 Å². The Hall–Kier alpha value is -0.0800. The van der Waals surface area contributed by atoms with E-state index in [-0.39, 0.29) is 5.60 Å². The van der Waals surface area contributed by atoms with Crippen molar-refractivity contribution in [3.8, 4) is 0 Å². The van der Waals surface area contributed by atoms with Gasteiger partial charge in [-0.1, -0.05) is 13.8 Å². The van der Waals surface area contributed by atoms with Gasteiger partial charge in [0, 0.05) is 0 Å². The number of rotatable bonds is 2. The van der Waals surface area contributed by atoms with Crippen LogP contribution in [0.3, 0.4) is 0 Å². The molecule has 0 spiro atoms. The number of hydrogen-bond acceptors (Lipinski definition) is 2. The molecule has 1 fully saturated rings. The quantitative estimate of drug-likeness (QED) is 0.586. The van der Waals surface area contributed by atoms with Gasteiger partial charge < -0.3 is 9.47 Å². The highest BCUT2D eigenvalue weighted by atomic mass is 16.6. The highest BCUT2D eigenvalue weighted by molar-refractivity contribution is 4.79. The van der Waals surface area contributed by atoms with Crippen molar-refractivity contribution in [1.82, 2.24) is 0 Å². The summed E-state index contributed by atoms with van der Waals surface area (Å²) in [6, 6.07) is 0. The highest BCUT2D eigenvalue weighted by Gasteiger charge is 2.29. The van der Waals surface area contributed by atoms with Crippen LogP contribution < -0.4 is 0 Å². The zero-order chi connectivity index (χ0) is 7.45. The Morgan fingerprint density at radius 2 is 1.90 bits per heavy atom. The third-order valence-corrected chi connectivity index (χ3v) is 2.29. The van der Waals surface area contributed by atoms with Crippen LogP contribution in [0.15, 0.2) is 0 Å². The second kappa shape index (κ2) is 3.35. The number of ether oxygens (including phenoxy) is 2. The van der Waals surface area contributed by atoms with Crippen molar-refractivity contribution in [2.45, 2.75) is 32.3 Å². The van der Waals surface area contributed by atoms with Crippen LogP contribution in [0.1, 0.15) is 26.7 Å². The molecule has 2 heteroatoms. The van der Waals surface area contributed by atoms with E-state index in [9.17, 15) is 0 Å². The summed E-state index contributed by atoms with van der Waals surface area (Å²) < 4.78 is 11.0. The Labute approximate surface area is 62.5 Å². The predicted octanol–water partition coefficient (Wildman–Crippen LogP) is 1.59. The third-order valence-electron chi connectivity index (χ3n) is 2.29. The zero-order valence-electron chi connectivity index (χ0n) is 6.85. The minimum atomic E-state index is 0.0399. The molecule has 60 valence electrons. The fourth-order valence-corrected chi connectivity index (χ4v) is 1.28. The highest BCUT2D eigenvalue weighted by Crippen LogP contribution is 2.23. The van der Waals surface area contributed by atoms with Gasteiger partial charge in [0.15, 0.2) is 0 Å². The zero-order valence-corrected chi connectivity index (χ0v) is 6.85. The first kappa shape index (κ1) is 8.02.